The van der Waals surface area contributed by atoms with Crippen molar-refractivity contribution in [3.05, 3.63) is 30.0 Å². The van der Waals surface area contributed by atoms with Crippen molar-refractivity contribution in [2.24, 2.45) is 0 Å². The smallest absolute Gasteiger partial charge is 0.227 e. The van der Waals surface area contributed by atoms with Crippen LogP contribution in [0.1, 0.15) is 24.8 Å². The predicted octanol–water partition coefficient (Wildman–Crippen LogP) is 2.76. The molecule has 2 atom stereocenters. The summed E-state index contributed by atoms with van der Waals surface area (Å²) in [4.78, 5) is 14.8. The molecule has 2 heterocycles. The van der Waals surface area contributed by atoms with Crippen LogP contribution in [0.4, 0.5) is 0 Å². The van der Waals surface area contributed by atoms with Gasteiger partial charge in [0.2, 0.25) is 5.91 Å². The summed E-state index contributed by atoms with van der Waals surface area (Å²) < 4.78 is 16.6. The summed E-state index contributed by atoms with van der Waals surface area (Å²) in [6.45, 7) is 1.35. The summed E-state index contributed by atoms with van der Waals surface area (Å²) in [6, 6.07) is 5.96. The Morgan fingerprint density at radius 3 is 3.17 bits per heavy atom. The van der Waals surface area contributed by atoms with E-state index in [4.69, 9.17) is 13.9 Å². The van der Waals surface area contributed by atoms with E-state index in [1.165, 1.54) is 0 Å². The molecule has 1 aliphatic heterocycles. The lowest BCUT2D eigenvalue weighted by molar-refractivity contribution is -0.143. The average molecular weight is 315 g/mol. The Morgan fingerprint density at radius 1 is 1.39 bits per heavy atom. The minimum Gasteiger partial charge on any atom is -0.497 e. The van der Waals surface area contributed by atoms with Crippen LogP contribution in [-0.2, 0) is 16.0 Å². The van der Waals surface area contributed by atoms with E-state index in [1.54, 1.807) is 13.4 Å². The fourth-order valence-electron chi connectivity index (χ4n) is 3.83. The highest BCUT2D eigenvalue weighted by atomic mass is 16.5. The molecule has 4 rings (SSSR count). The van der Waals surface area contributed by atoms with Gasteiger partial charge < -0.3 is 18.8 Å². The minimum atomic E-state index is 0.170. The maximum atomic E-state index is 12.8. The molecule has 1 aromatic carbocycles. The van der Waals surface area contributed by atoms with Crippen LogP contribution in [0.5, 0.6) is 5.75 Å². The Balaban J connectivity index is 1.54. The largest absolute Gasteiger partial charge is 0.497 e. The molecular weight excluding hydrogens is 294 g/mol. The second-order valence-electron chi connectivity index (χ2n) is 6.29. The zero-order valence-corrected chi connectivity index (χ0v) is 13.3. The third-order valence-corrected chi connectivity index (χ3v) is 5.01. The summed E-state index contributed by atoms with van der Waals surface area (Å²) in [5.41, 5.74) is 1.70. The Bertz CT molecular complexity index is 723. The van der Waals surface area contributed by atoms with Crippen LogP contribution in [0.3, 0.4) is 0 Å². The number of hydrogen-bond donors (Lipinski definition) is 0. The number of benzene rings is 1. The van der Waals surface area contributed by atoms with Crippen molar-refractivity contribution in [3.8, 4) is 5.75 Å². The van der Waals surface area contributed by atoms with Crippen LogP contribution in [0.2, 0.25) is 0 Å². The van der Waals surface area contributed by atoms with Crippen molar-refractivity contribution in [3.63, 3.8) is 0 Å². The highest BCUT2D eigenvalue weighted by Gasteiger charge is 2.38. The number of morpholine rings is 1. The summed E-state index contributed by atoms with van der Waals surface area (Å²) >= 11 is 0. The van der Waals surface area contributed by atoms with E-state index in [0.717, 1.165) is 41.5 Å². The van der Waals surface area contributed by atoms with Crippen molar-refractivity contribution in [1.82, 2.24) is 4.90 Å². The first-order valence-electron chi connectivity index (χ1n) is 8.21. The fraction of sp³-hybridized carbons (Fsp3) is 0.500. The highest BCUT2D eigenvalue weighted by molar-refractivity contribution is 5.88. The third kappa shape index (κ3) is 2.59. The number of ether oxygens (including phenoxy) is 2. The van der Waals surface area contributed by atoms with Crippen LogP contribution in [0.15, 0.2) is 28.9 Å². The molecule has 2 aromatic rings. The zero-order chi connectivity index (χ0) is 15.8. The van der Waals surface area contributed by atoms with Crippen molar-refractivity contribution < 1.29 is 18.7 Å². The summed E-state index contributed by atoms with van der Waals surface area (Å²) in [6.07, 6.45) is 5.57. The SMILES string of the molecule is COc1ccc2c(CC(=O)N3CCOC4CCCC43)coc2c1. The quantitative estimate of drug-likeness (QED) is 0.874. The third-order valence-electron chi connectivity index (χ3n) is 5.01. The Morgan fingerprint density at radius 2 is 2.30 bits per heavy atom. The van der Waals surface area contributed by atoms with Gasteiger partial charge in [-0.2, -0.15) is 0 Å². The van der Waals surface area contributed by atoms with Crippen LogP contribution in [0.25, 0.3) is 11.0 Å². The van der Waals surface area contributed by atoms with E-state index in [-0.39, 0.29) is 18.1 Å². The number of carbonyl (C=O) groups excluding carboxylic acids is 1. The maximum absolute atomic E-state index is 12.8. The molecule has 0 N–H and O–H groups in total. The lowest BCUT2D eigenvalue weighted by Crippen LogP contribution is -2.51. The van der Waals surface area contributed by atoms with Gasteiger partial charge in [0.25, 0.3) is 0 Å². The normalized spacial score (nSPS) is 24.0. The number of nitrogens with zero attached hydrogens (tertiary/aromatic N) is 1. The number of hydrogen-bond acceptors (Lipinski definition) is 4. The Hall–Kier alpha value is -2.01. The van der Waals surface area contributed by atoms with E-state index >= 15 is 0 Å². The lowest BCUT2D eigenvalue weighted by atomic mass is 10.1. The van der Waals surface area contributed by atoms with Gasteiger partial charge in [-0.05, 0) is 31.4 Å². The molecule has 1 saturated heterocycles. The first-order chi connectivity index (χ1) is 11.3. The van der Waals surface area contributed by atoms with Crippen molar-refractivity contribution in [1.29, 1.82) is 0 Å². The van der Waals surface area contributed by atoms with Crippen molar-refractivity contribution in [2.45, 2.75) is 37.8 Å². The van der Waals surface area contributed by atoms with Crippen LogP contribution < -0.4 is 4.74 Å². The summed E-state index contributed by atoms with van der Waals surface area (Å²) in [5.74, 6) is 0.926. The van der Waals surface area contributed by atoms with E-state index < -0.39 is 0 Å². The predicted molar refractivity (Wildman–Crippen MR) is 85.6 cm³/mol. The monoisotopic (exact) mass is 315 g/mol. The van der Waals surface area contributed by atoms with Gasteiger partial charge in [-0.1, -0.05) is 0 Å². The molecule has 2 fully saturated rings. The molecular formula is C18H21NO4. The maximum Gasteiger partial charge on any atom is 0.227 e. The number of methoxy groups -OCH3 is 1. The van der Waals surface area contributed by atoms with Crippen LogP contribution >= 0.6 is 0 Å². The van der Waals surface area contributed by atoms with Gasteiger partial charge in [0.1, 0.15) is 11.3 Å². The Kier molecular flexibility index (Phi) is 3.73. The van der Waals surface area contributed by atoms with Gasteiger partial charge in [0.15, 0.2) is 0 Å². The molecule has 5 heteroatoms. The van der Waals surface area contributed by atoms with E-state index in [2.05, 4.69) is 0 Å². The van der Waals surface area contributed by atoms with E-state index in [9.17, 15) is 4.79 Å². The molecule has 1 aliphatic carbocycles. The topological polar surface area (TPSA) is 51.9 Å². The van der Waals surface area contributed by atoms with Gasteiger partial charge in [0, 0.05) is 23.6 Å². The number of fused-ring (bicyclic) bond motifs is 2. The van der Waals surface area contributed by atoms with Gasteiger partial charge in [-0.25, -0.2) is 0 Å². The summed E-state index contributed by atoms with van der Waals surface area (Å²) in [5, 5.41) is 0.982. The molecule has 0 radical (unpaired) electrons. The molecule has 122 valence electrons. The lowest BCUT2D eigenvalue weighted by Gasteiger charge is -2.37. The van der Waals surface area contributed by atoms with E-state index in [1.807, 2.05) is 23.1 Å². The van der Waals surface area contributed by atoms with Crippen LogP contribution in [0, 0.1) is 0 Å². The highest BCUT2D eigenvalue weighted by Crippen LogP contribution is 2.31. The second kappa shape index (κ2) is 5.89. The van der Waals surface area contributed by atoms with Crippen LogP contribution in [-0.4, -0.2) is 43.2 Å². The van der Waals surface area contributed by atoms with Crippen molar-refractivity contribution in [2.75, 3.05) is 20.3 Å². The molecule has 1 saturated carbocycles. The summed E-state index contributed by atoms with van der Waals surface area (Å²) in [7, 11) is 1.63. The molecule has 1 aromatic heterocycles. The number of carbonyl (C=O) groups is 1. The molecule has 2 aliphatic rings. The van der Waals surface area contributed by atoms with Crippen molar-refractivity contribution >= 4 is 16.9 Å². The molecule has 2 unspecified atom stereocenters. The van der Waals surface area contributed by atoms with E-state index in [0.29, 0.717) is 19.6 Å². The minimum absolute atomic E-state index is 0.170. The number of furan rings is 1. The molecule has 0 spiro atoms. The molecule has 1 amide bonds. The first kappa shape index (κ1) is 14.6. The van der Waals surface area contributed by atoms with Gasteiger partial charge >= 0.3 is 0 Å². The fourth-order valence-corrected chi connectivity index (χ4v) is 3.83. The van der Waals surface area contributed by atoms with Gasteiger partial charge in [0.05, 0.1) is 38.5 Å². The van der Waals surface area contributed by atoms with Gasteiger partial charge in [-0.3, -0.25) is 4.79 Å². The second-order valence-corrected chi connectivity index (χ2v) is 6.29. The average Bonchev–Trinajstić information content (AvgIpc) is 3.21. The molecule has 0 bridgehead atoms. The molecule has 5 nitrogen and oxygen atoms in total. The Labute approximate surface area is 135 Å². The van der Waals surface area contributed by atoms with Gasteiger partial charge in [-0.15, -0.1) is 0 Å². The number of rotatable bonds is 3. The zero-order valence-electron chi connectivity index (χ0n) is 13.3. The number of amides is 1. The first-order valence-corrected chi connectivity index (χ1v) is 8.21. The molecule has 23 heavy (non-hydrogen) atoms. The standard InChI is InChI=1S/C18H21NO4/c1-21-13-5-6-14-12(11-23-17(14)10-13)9-18(20)19-7-8-22-16-4-2-3-15(16)19/h5-6,10-11,15-16H,2-4,7-9H2,1H3.